The smallest absolute Gasteiger partial charge is 0.118 e. The second-order valence-corrected chi connectivity index (χ2v) is 4.48. The fourth-order valence-corrected chi connectivity index (χ4v) is 1.86. The van der Waals surface area contributed by atoms with Crippen LogP contribution in [0.1, 0.15) is 16.7 Å². The average molecular weight is 243 g/mol. The highest BCUT2D eigenvalue weighted by Crippen LogP contribution is 2.25. The minimum absolute atomic E-state index is 0.271. The van der Waals surface area contributed by atoms with Gasteiger partial charge in [-0.2, -0.15) is 0 Å². The Morgan fingerprint density at radius 3 is 2.50 bits per heavy atom. The van der Waals surface area contributed by atoms with E-state index in [2.05, 4.69) is 5.32 Å². The number of phenols is 2. The topological polar surface area (TPSA) is 52.5 Å². The van der Waals surface area contributed by atoms with Crippen LogP contribution in [0, 0.1) is 13.8 Å². The highest BCUT2D eigenvalue weighted by atomic mass is 16.3. The summed E-state index contributed by atoms with van der Waals surface area (Å²) in [6.07, 6.45) is 0. The van der Waals surface area contributed by atoms with E-state index in [9.17, 15) is 10.2 Å². The number of phenolic OH excluding ortho intramolecular Hbond substituents is 2. The molecule has 0 radical (unpaired) electrons. The van der Waals surface area contributed by atoms with Crippen molar-refractivity contribution in [2.45, 2.75) is 20.4 Å². The number of benzene rings is 2. The fraction of sp³-hybridized carbons (Fsp3) is 0.200. The molecule has 0 amide bonds. The Bertz CT molecular complexity index is 564. The molecule has 2 aromatic rings. The monoisotopic (exact) mass is 243 g/mol. The zero-order valence-corrected chi connectivity index (χ0v) is 10.6. The van der Waals surface area contributed by atoms with Gasteiger partial charge >= 0.3 is 0 Å². The van der Waals surface area contributed by atoms with Crippen LogP contribution in [-0.4, -0.2) is 10.2 Å². The maximum absolute atomic E-state index is 9.59. The van der Waals surface area contributed by atoms with Gasteiger partial charge in [-0.1, -0.05) is 12.1 Å². The molecular weight excluding hydrogens is 226 g/mol. The van der Waals surface area contributed by atoms with Crippen LogP contribution in [0.2, 0.25) is 0 Å². The van der Waals surface area contributed by atoms with Gasteiger partial charge in [0.15, 0.2) is 0 Å². The summed E-state index contributed by atoms with van der Waals surface area (Å²) in [5.74, 6) is 0.586. The predicted molar refractivity (Wildman–Crippen MR) is 73.0 cm³/mol. The van der Waals surface area contributed by atoms with Crippen molar-refractivity contribution in [1.29, 1.82) is 0 Å². The van der Waals surface area contributed by atoms with Crippen molar-refractivity contribution in [1.82, 2.24) is 0 Å². The molecule has 0 spiro atoms. The van der Waals surface area contributed by atoms with Gasteiger partial charge in [-0.15, -0.1) is 0 Å². The molecule has 3 nitrogen and oxygen atoms in total. The SMILES string of the molecule is Cc1cc(NCc2cccc(O)c2)c(C)cc1O. The molecule has 3 N–H and O–H groups in total. The van der Waals surface area contributed by atoms with E-state index in [0.29, 0.717) is 12.3 Å². The van der Waals surface area contributed by atoms with E-state index in [1.807, 2.05) is 32.0 Å². The Labute approximate surface area is 107 Å². The summed E-state index contributed by atoms with van der Waals surface area (Å²) in [5, 5.41) is 22.3. The quantitative estimate of drug-likeness (QED) is 0.725. The predicted octanol–water partition coefficient (Wildman–Crippen LogP) is 3.33. The van der Waals surface area contributed by atoms with E-state index >= 15 is 0 Å². The lowest BCUT2D eigenvalue weighted by atomic mass is 10.1. The molecule has 18 heavy (non-hydrogen) atoms. The van der Waals surface area contributed by atoms with Crippen molar-refractivity contribution in [2.75, 3.05) is 5.32 Å². The first kappa shape index (κ1) is 12.3. The van der Waals surface area contributed by atoms with E-state index in [4.69, 9.17) is 0 Å². The molecule has 0 aromatic heterocycles. The molecule has 94 valence electrons. The number of hydrogen-bond acceptors (Lipinski definition) is 3. The molecule has 0 fully saturated rings. The van der Waals surface area contributed by atoms with Crippen LogP contribution >= 0.6 is 0 Å². The highest BCUT2D eigenvalue weighted by Gasteiger charge is 2.03. The Morgan fingerprint density at radius 2 is 1.78 bits per heavy atom. The summed E-state index contributed by atoms with van der Waals surface area (Å²) in [7, 11) is 0. The largest absolute Gasteiger partial charge is 0.508 e. The van der Waals surface area contributed by atoms with Crippen LogP contribution in [-0.2, 0) is 6.54 Å². The number of nitrogens with one attached hydrogen (secondary N) is 1. The minimum atomic E-state index is 0.271. The van der Waals surface area contributed by atoms with Crippen LogP contribution < -0.4 is 5.32 Å². The van der Waals surface area contributed by atoms with Crippen molar-refractivity contribution in [3.05, 3.63) is 53.1 Å². The summed E-state index contributed by atoms with van der Waals surface area (Å²) >= 11 is 0. The molecule has 2 rings (SSSR count). The summed E-state index contributed by atoms with van der Waals surface area (Å²) < 4.78 is 0. The third-order valence-corrected chi connectivity index (χ3v) is 2.94. The van der Waals surface area contributed by atoms with Crippen LogP contribution in [0.15, 0.2) is 36.4 Å². The fourth-order valence-electron chi connectivity index (χ4n) is 1.86. The van der Waals surface area contributed by atoms with Crippen molar-refractivity contribution < 1.29 is 10.2 Å². The Balaban J connectivity index is 2.13. The molecule has 0 unspecified atom stereocenters. The van der Waals surface area contributed by atoms with E-state index in [0.717, 1.165) is 22.4 Å². The number of aromatic hydroxyl groups is 2. The number of aryl methyl sites for hydroxylation is 2. The number of anilines is 1. The lowest BCUT2D eigenvalue weighted by Crippen LogP contribution is -2.01. The maximum Gasteiger partial charge on any atom is 0.118 e. The minimum Gasteiger partial charge on any atom is -0.508 e. The van der Waals surface area contributed by atoms with E-state index in [1.54, 1.807) is 18.2 Å². The van der Waals surface area contributed by atoms with Crippen molar-refractivity contribution in [2.24, 2.45) is 0 Å². The number of hydrogen-bond donors (Lipinski definition) is 3. The molecule has 0 aliphatic rings. The van der Waals surface area contributed by atoms with Crippen LogP contribution in [0.4, 0.5) is 5.69 Å². The molecular formula is C15H17NO2. The Hall–Kier alpha value is -2.16. The molecule has 0 atom stereocenters. The van der Waals surface area contributed by atoms with Gasteiger partial charge in [0.1, 0.15) is 11.5 Å². The third-order valence-electron chi connectivity index (χ3n) is 2.94. The molecule has 0 bridgehead atoms. The maximum atomic E-state index is 9.59. The molecule has 2 aromatic carbocycles. The zero-order chi connectivity index (χ0) is 13.1. The standard InChI is InChI=1S/C15H17NO2/c1-10-7-15(18)11(2)6-14(10)16-9-12-4-3-5-13(17)8-12/h3-8,16-18H,9H2,1-2H3. The average Bonchev–Trinajstić information content (AvgIpc) is 2.32. The molecule has 0 saturated carbocycles. The molecule has 0 saturated heterocycles. The van der Waals surface area contributed by atoms with Crippen LogP contribution in [0.25, 0.3) is 0 Å². The molecule has 0 aliphatic heterocycles. The molecule has 3 heteroatoms. The van der Waals surface area contributed by atoms with Crippen molar-refractivity contribution >= 4 is 5.69 Å². The van der Waals surface area contributed by atoms with Gasteiger partial charge in [0, 0.05) is 12.2 Å². The first-order chi connectivity index (χ1) is 8.56. The lowest BCUT2D eigenvalue weighted by molar-refractivity contribution is 0.471. The number of rotatable bonds is 3. The van der Waals surface area contributed by atoms with E-state index in [1.165, 1.54) is 0 Å². The third kappa shape index (κ3) is 2.74. The van der Waals surface area contributed by atoms with Crippen molar-refractivity contribution in [3.8, 4) is 11.5 Å². The Kier molecular flexibility index (Phi) is 3.42. The molecule has 0 heterocycles. The van der Waals surface area contributed by atoms with E-state index < -0.39 is 0 Å². The van der Waals surface area contributed by atoms with Gasteiger partial charge in [0.25, 0.3) is 0 Å². The first-order valence-corrected chi connectivity index (χ1v) is 5.88. The first-order valence-electron chi connectivity index (χ1n) is 5.88. The van der Waals surface area contributed by atoms with E-state index in [-0.39, 0.29) is 5.75 Å². The second-order valence-electron chi connectivity index (χ2n) is 4.48. The lowest BCUT2D eigenvalue weighted by Gasteiger charge is -2.12. The zero-order valence-electron chi connectivity index (χ0n) is 10.6. The summed E-state index contributed by atoms with van der Waals surface area (Å²) in [6, 6.07) is 10.8. The van der Waals surface area contributed by atoms with Gasteiger partial charge in [0.2, 0.25) is 0 Å². The van der Waals surface area contributed by atoms with Crippen LogP contribution in [0.5, 0.6) is 11.5 Å². The highest BCUT2D eigenvalue weighted by molar-refractivity contribution is 5.56. The van der Waals surface area contributed by atoms with Gasteiger partial charge in [0.05, 0.1) is 0 Å². The summed E-state index contributed by atoms with van der Waals surface area (Å²) in [4.78, 5) is 0. The van der Waals surface area contributed by atoms with Crippen molar-refractivity contribution in [3.63, 3.8) is 0 Å². The Morgan fingerprint density at radius 1 is 1.00 bits per heavy atom. The van der Waals surface area contributed by atoms with Gasteiger partial charge in [-0.25, -0.2) is 0 Å². The van der Waals surface area contributed by atoms with Gasteiger partial charge in [-0.05, 0) is 54.8 Å². The van der Waals surface area contributed by atoms with Gasteiger partial charge < -0.3 is 15.5 Å². The van der Waals surface area contributed by atoms with Gasteiger partial charge in [-0.3, -0.25) is 0 Å². The second kappa shape index (κ2) is 5.00. The summed E-state index contributed by atoms with van der Waals surface area (Å²) in [6.45, 7) is 4.46. The summed E-state index contributed by atoms with van der Waals surface area (Å²) in [5.41, 5.74) is 3.85. The molecule has 0 aliphatic carbocycles. The normalized spacial score (nSPS) is 10.3. The van der Waals surface area contributed by atoms with Crippen LogP contribution in [0.3, 0.4) is 0 Å².